The summed E-state index contributed by atoms with van der Waals surface area (Å²) in [5.41, 5.74) is 1.00. The number of unbranched alkanes of at least 4 members (excludes halogenated alkanes) is 1. The van der Waals surface area contributed by atoms with Gasteiger partial charge in [0.2, 0.25) is 5.91 Å². The number of amides is 1. The zero-order valence-corrected chi connectivity index (χ0v) is 11.4. The molecule has 0 saturated carbocycles. The van der Waals surface area contributed by atoms with Crippen molar-refractivity contribution in [3.8, 4) is 0 Å². The van der Waals surface area contributed by atoms with Crippen LogP contribution in [-0.4, -0.2) is 35.9 Å². The molecule has 0 spiro atoms. The highest BCUT2D eigenvalue weighted by molar-refractivity contribution is 5.76. The van der Waals surface area contributed by atoms with Gasteiger partial charge in [0.25, 0.3) is 0 Å². The average molecular weight is 249 g/mol. The van der Waals surface area contributed by atoms with Crippen LogP contribution in [0.4, 0.5) is 0 Å². The third-order valence-corrected chi connectivity index (χ3v) is 2.82. The van der Waals surface area contributed by atoms with E-state index in [0.717, 1.165) is 25.1 Å². The zero-order valence-electron chi connectivity index (χ0n) is 11.4. The van der Waals surface area contributed by atoms with E-state index in [0.29, 0.717) is 19.5 Å². The Morgan fingerprint density at radius 3 is 2.94 bits per heavy atom. The first-order valence-electron chi connectivity index (χ1n) is 6.58. The Kier molecular flexibility index (Phi) is 7.03. The van der Waals surface area contributed by atoms with Gasteiger partial charge >= 0.3 is 0 Å². The summed E-state index contributed by atoms with van der Waals surface area (Å²) in [5.74, 6) is 0.206. The SMILES string of the molecule is CCCCN(C)C(=O)CCNCc1ccccn1. The van der Waals surface area contributed by atoms with Crippen molar-refractivity contribution in [1.29, 1.82) is 0 Å². The van der Waals surface area contributed by atoms with Gasteiger partial charge in [-0.05, 0) is 18.6 Å². The Morgan fingerprint density at radius 1 is 1.44 bits per heavy atom. The summed E-state index contributed by atoms with van der Waals surface area (Å²) in [7, 11) is 1.87. The Labute approximate surface area is 109 Å². The largest absolute Gasteiger partial charge is 0.346 e. The van der Waals surface area contributed by atoms with Crippen LogP contribution in [0.15, 0.2) is 24.4 Å². The number of aromatic nitrogens is 1. The monoisotopic (exact) mass is 249 g/mol. The maximum absolute atomic E-state index is 11.7. The Hall–Kier alpha value is -1.42. The standard InChI is InChI=1S/C14H23N3O/c1-3-4-11-17(2)14(18)8-10-15-12-13-7-5-6-9-16-13/h5-7,9,15H,3-4,8,10-12H2,1-2H3. The fraction of sp³-hybridized carbons (Fsp3) is 0.571. The third-order valence-electron chi connectivity index (χ3n) is 2.82. The van der Waals surface area contributed by atoms with Gasteiger partial charge < -0.3 is 10.2 Å². The summed E-state index contributed by atoms with van der Waals surface area (Å²) >= 11 is 0. The zero-order chi connectivity index (χ0) is 13.2. The van der Waals surface area contributed by atoms with Gasteiger partial charge in [-0.1, -0.05) is 19.4 Å². The molecule has 4 nitrogen and oxygen atoms in total. The predicted octanol–water partition coefficient (Wildman–Crippen LogP) is 1.82. The van der Waals surface area contributed by atoms with E-state index in [9.17, 15) is 4.79 Å². The number of nitrogens with zero attached hydrogens (tertiary/aromatic N) is 2. The van der Waals surface area contributed by atoms with Crippen molar-refractivity contribution in [1.82, 2.24) is 15.2 Å². The van der Waals surface area contributed by atoms with E-state index < -0.39 is 0 Å². The van der Waals surface area contributed by atoms with Gasteiger partial charge in [0, 0.05) is 39.3 Å². The first-order chi connectivity index (χ1) is 8.74. The highest BCUT2D eigenvalue weighted by Crippen LogP contribution is 1.96. The van der Waals surface area contributed by atoms with E-state index in [1.54, 1.807) is 6.20 Å². The topological polar surface area (TPSA) is 45.2 Å². The highest BCUT2D eigenvalue weighted by atomic mass is 16.2. The second-order valence-corrected chi connectivity index (χ2v) is 4.42. The number of nitrogens with one attached hydrogen (secondary N) is 1. The Morgan fingerprint density at radius 2 is 2.28 bits per heavy atom. The Balaban J connectivity index is 2.12. The lowest BCUT2D eigenvalue weighted by Crippen LogP contribution is -2.30. The van der Waals surface area contributed by atoms with Gasteiger partial charge in [-0.3, -0.25) is 9.78 Å². The molecule has 1 amide bonds. The van der Waals surface area contributed by atoms with E-state index in [2.05, 4.69) is 17.2 Å². The van der Waals surface area contributed by atoms with E-state index in [4.69, 9.17) is 0 Å². The molecule has 4 heteroatoms. The van der Waals surface area contributed by atoms with Crippen LogP contribution >= 0.6 is 0 Å². The molecular weight excluding hydrogens is 226 g/mol. The molecule has 0 radical (unpaired) electrons. The average Bonchev–Trinajstić information content (AvgIpc) is 2.41. The molecule has 0 atom stereocenters. The fourth-order valence-corrected chi connectivity index (χ4v) is 1.63. The maximum atomic E-state index is 11.7. The first kappa shape index (κ1) is 14.6. The molecule has 1 aromatic rings. The first-order valence-corrected chi connectivity index (χ1v) is 6.58. The minimum atomic E-state index is 0.206. The molecule has 0 aliphatic rings. The summed E-state index contributed by atoms with van der Waals surface area (Å²) in [4.78, 5) is 17.8. The van der Waals surface area contributed by atoms with Crippen LogP contribution in [0.1, 0.15) is 31.9 Å². The summed E-state index contributed by atoms with van der Waals surface area (Å²) in [6.45, 7) is 4.40. The second-order valence-electron chi connectivity index (χ2n) is 4.42. The van der Waals surface area contributed by atoms with Gasteiger partial charge in [0.15, 0.2) is 0 Å². The quantitative estimate of drug-likeness (QED) is 0.715. The molecule has 1 aromatic heterocycles. The molecule has 0 bridgehead atoms. The van der Waals surface area contributed by atoms with Gasteiger partial charge in [-0.15, -0.1) is 0 Å². The van der Waals surface area contributed by atoms with Gasteiger partial charge in [0.05, 0.1) is 5.69 Å². The van der Waals surface area contributed by atoms with Crippen molar-refractivity contribution in [2.24, 2.45) is 0 Å². The van der Waals surface area contributed by atoms with Crippen LogP contribution in [0.2, 0.25) is 0 Å². The molecule has 100 valence electrons. The molecule has 1 N–H and O–H groups in total. The number of carbonyl (C=O) groups is 1. The van der Waals surface area contributed by atoms with Crippen molar-refractivity contribution in [3.63, 3.8) is 0 Å². The number of hydrogen-bond acceptors (Lipinski definition) is 3. The summed E-state index contributed by atoms with van der Waals surface area (Å²) in [5, 5.41) is 3.23. The lowest BCUT2D eigenvalue weighted by Gasteiger charge is -2.16. The molecule has 0 unspecified atom stereocenters. The predicted molar refractivity (Wildman–Crippen MR) is 73.1 cm³/mol. The van der Waals surface area contributed by atoms with E-state index >= 15 is 0 Å². The lowest BCUT2D eigenvalue weighted by molar-refractivity contribution is -0.129. The highest BCUT2D eigenvalue weighted by Gasteiger charge is 2.06. The number of pyridine rings is 1. The van der Waals surface area contributed by atoms with Gasteiger partial charge in [0.1, 0.15) is 0 Å². The van der Waals surface area contributed by atoms with Crippen LogP contribution in [-0.2, 0) is 11.3 Å². The number of carbonyl (C=O) groups excluding carboxylic acids is 1. The van der Waals surface area contributed by atoms with Crippen molar-refractivity contribution >= 4 is 5.91 Å². The smallest absolute Gasteiger partial charge is 0.223 e. The summed E-state index contributed by atoms with van der Waals surface area (Å²) < 4.78 is 0. The van der Waals surface area contributed by atoms with E-state index in [1.165, 1.54) is 0 Å². The number of hydrogen-bond donors (Lipinski definition) is 1. The lowest BCUT2D eigenvalue weighted by atomic mass is 10.3. The van der Waals surface area contributed by atoms with Crippen LogP contribution in [0.3, 0.4) is 0 Å². The Bertz CT molecular complexity index is 340. The summed E-state index contributed by atoms with van der Waals surface area (Å²) in [6, 6.07) is 5.84. The van der Waals surface area contributed by atoms with E-state index in [-0.39, 0.29) is 5.91 Å². The minimum absolute atomic E-state index is 0.206. The molecule has 18 heavy (non-hydrogen) atoms. The molecule has 1 heterocycles. The van der Waals surface area contributed by atoms with Gasteiger partial charge in [-0.2, -0.15) is 0 Å². The maximum Gasteiger partial charge on any atom is 0.223 e. The molecule has 0 saturated heterocycles. The molecule has 1 rings (SSSR count). The van der Waals surface area contributed by atoms with Gasteiger partial charge in [-0.25, -0.2) is 0 Å². The second kappa shape index (κ2) is 8.64. The van der Waals surface area contributed by atoms with Crippen molar-refractivity contribution in [2.75, 3.05) is 20.1 Å². The molecule has 0 aliphatic carbocycles. The van der Waals surface area contributed by atoms with Crippen LogP contribution in [0, 0.1) is 0 Å². The van der Waals surface area contributed by atoms with Crippen molar-refractivity contribution in [2.45, 2.75) is 32.7 Å². The molecule has 0 aliphatic heterocycles. The number of rotatable bonds is 8. The van der Waals surface area contributed by atoms with E-state index in [1.807, 2.05) is 30.1 Å². The normalized spacial score (nSPS) is 10.3. The molecular formula is C14H23N3O. The van der Waals surface area contributed by atoms with Crippen LogP contribution in [0.25, 0.3) is 0 Å². The van der Waals surface area contributed by atoms with Crippen LogP contribution in [0.5, 0.6) is 0 Å². The van der Waals surface area contributed by atoms with Crippen molar-refractivity contribution < 1.29 is 4.79 Å². The molecule has 0 fully saturated rings. The minimum Gasteiger partial charge on any atom is -0.346 e. The third kappa shape index (κ3) is 5.77. The summed E-state index contributed by atoms with van der Waals surface area (Å²) in [6.07, 6.45) is 4.52. The fourth-order valence-electron chi connectivity index (χ4n) is 1.63. The molecule has 0 aromatic carbocycles. The van der Waals surface area contributed by atoms with Crippen molar-refractivity contribution in [3.05, 3.63) is 30.1 Å². The van der Waals surface area contributed by atoms with Crippen LogP contribution < -0.4 is 5.32 Å².